The molecule has 0 radical (unpaired) electrons. The molecule has 0 aliphatic carbocycles. The molecule has 0 saturated heterocycles. The van der Waals surface area contributed by atoms with Gasteiger partial charge in [0.05, 0.1) is 6.54 Å². The van der Waals surface area contributed by atoms with E-state index in [2.05, 4.69) is 50.5 Å². The van der Waals surface area contributed by atoms with Gasteiger partial charge >= 0.3 is 6.03 Å². The molecule has 4 nitrogen and oxygen atoms in total. The van der Waals surface area contributed by atoms with E-state index in [0.717, 1.165) is 23.4 Å². The molecule has 0 aromatic heterocycles. The highest BCUT2D eigenvalue weighted by Gasteiger charge is 2.13. The summed E-state index contributed by atoms with van der Waals surface area (Å²) in [5.74, 6) is 0.825. The number of hydrogen-bond donors (Lipinski definition) is 2. The molecule has 0 atom stereocenters. The summed E-state index contributed by atoms with van der Waals surface area (Å²) in [4.78, 5) is 12.0. The van der Waals surface area contributed by atoms with E-state index in [-0.39, 0.29) is 11.4 Å². The van der Waals surface area contributed by atoms with Crippen molar-refractivity contribution in [1.82, 2.24) is 5.32 Å². The molecule has 0 fully saturated rings. The van der Waals surface area contributed by atoms with Crippen LogP contribution in [0.4, 0.5) is 10.5 Å². The monoisotopic (exact) mass is 340 g/mol. The molecular weight excluding hydrogens is 312 g/mol. The smallest absolute Gasteiger partial charge is 0.319 e. The Labute approximate surface area is 150 Å². The second kappa shape index (κ2) is 8.56. The minimum absolute atomic E-state index is 0.0875. The summed E-state index contributed by atoms with van der Waals surface area (Å²) in [6.07, 6.45) is 0.879. The average molecular weight is 340 g/mol. The van der Waals surface area contributed by atoms with E-state index in [1.807, 2.05) is 36.4 Å². The van der Waals surface area contributed by atoms with Crippen LogP contribution in [0.2, 0.25) is 0 Å². The second-order valence-corrected chi connectivity index (χ2v) is 7.02. The van der Waals surface area contributed by atoms with Crippen molar-refractivity contribution < 1.29 is 9.53 Å². The Morgan fingerprint density at radius 2 is 1.84 bits per heavy atom. The zero-order valence-corrected chi connectivity index (χ0v) is 15.6. The van der Waals surface area contributed by atoms with Gasteiger partial charge < -0.3 is 15.4 Å². The molecule has 0 unspecified atom stereocenters. The maximum Gasteiger partial charge on any atom is 0.319 e. The number of urea groups is 1. The minimum Gasteiger partial charge on any atom is -0.492 e. The van der Waals surface area contributed by atoms with Crippen molar-refractivity contribution in [1.29, 1.82) is 0 Å². The summed E-state index contributed by atoms with van der Waals surface area (Å²) < 4.78 is 5.74. The molecule has 2 aromatic rings. The molecule has 2 rings (SSSR count). The molecule has 134 valence electrons. The number of benzene rings is 2. The fraction of sp³-hybridized carbons (Fsp3) is 0.381. The molecule has 0 heterocycles. The van der Waals surface area contributed by atoms with Gasteiger partial charge in [0.15, 0.2) is 0 Å². The standard InChI is InChI=1S/C21H28N2O2/c1-5-16-9-6-7-12-19(16)23-20(24)22-13-14-25-18-11-8-10-17(15-18)21(2,3)4/h6-12,15H,5,13-14H2,1-4H3,(H2,22,23,24). The molecule has 2 N–H and O–H groups in total. The van der Waals surface area contributed by atoms with E-state index in [1.54, 1.807) is 0 Å². The summed E-state index contributed by atoms with van der Waals surface area (Å²) in [5.41, 5.74) is 3.28. The Morgan fingerprint density at radius 3 is 2.56 bits per heavy atom. The molecule has 0 aliphatic heterocycles. The lowest BCUT2D eigenvalue weighted by atomic mass is 9.87. The van der Waals surface area contributed by atoms with E-state index in [0.29, 0.717) is 13.2 Å². The van der Waals surface area contributed by atoms with Crippen molar-refractivity contribution >= 4 is 11.7 Å². The predicted molar refractivity (Wildman–Crippen MR) is 103 cm³/mol. The lowest BCUT2D eigenvalue weighted by Gasteiger charge is -2.19. The van der Waals surface area contributed by atoms with E-state index in [9.17, 15) is 4.79 Å². The van der Waals surface area contributed by atoms with Gasteiger partial charge in [-0.25, -0.2) is 4.79 Å². The number of nitrogens with one attached hydrogen (secondary N) is 2. The Morgan fingerprint density at radius 1 is 1.08 bits per heavy atom. The van der Waals surface area contributed by atoms with Gasteiger partial charge in [-0.2, -0.15) is 0 Å². The van der Waals surface area contributed by atoms with E-state index < -0.39 is 0 Å². The van der Waals surface area contributed by atoms with Crippen molar-refractivity contribution in [2.24, 2.45) is 0 Å². The van der Waals surface area contributed by atoms with Gasteiger partial charge in [-0.15, -0.1) is 0 Å². The first kappa shape index (κ1) is 18.8. The minimum atomic E-state index is -0.215. The zero-order valence-electron chi connectivity index (χ0n) is 15.6. The Bertz CT molecular complexity index is 705. The highest BCUT2D eigenvalue weighted by atomic mass is 16.5. The average Bonchev–Trinajstić information content (AvgIpc) is 2.59. The Kier molecular flexibility index (Phi) is 6.45. The van der Waals surface area contributed by atoms with Crippen molar-refractivity contribution in [3.63, 3.8) is 0 Å². The van der Waals surface area contributed by atoms with Crippen LogP contribution in [0.5, 0.6) is 5.75 Å². The predicted octanol–water partition coefficient (Wildman–Crippen LogP) is 4.75. The number of para-hydroxylation sites is 1. The van der Waals surface area contributed by atoms with Crippen LogP contribution in [0.3, 0.4) is 0 Å². The van der Waals surface area contributed by atoms with Crippen LogP contribution in [0.1, 0.15) is 38.8 Å². The summed E-state index contributed by atoms with van der Waals surface area (Å²) in [7, 11) is 0. The molecule has 2 amide bonds. The van der Waals surface area contributed by atoms with E-state index in [4.69, 9.17) is 4.74 Å². The van der Waals surface area contributed by atoms with Crippen LogP contribution in [0.25, 0.3) is 0 Å². The number of carbonyl (C=O) groups is 1. The van der Waals surface area contributed by atoms with Crippen LogP contribution in [0, 0.1) is 0 Å². The molecule has 4 heteroatoms. The van der Waals surface area contributed by atoms with Crippen molar-refractivity contribution in [2.45, 2.75) is 39.5 Å². The molecule has 0 spiro atoms. The van der Waals surface area contributed by atoms with Gasteiger partial charge in [0.25, 0.3) is 0 Å². The highest BCUT2D eigenvalue weighted by Crippen LogP contribution is 2.25. The second-order valence-electron chi connectivity index (χ2n) is 7.02. The van der Waals surface area contributed by atoms with Gasteiger partial charge in [-0.05, 0) is 41.2 Å². The van der Waals surface area contributed by atoms with Crippen molar-refractivity contribution in [3.8, 4) is 5.75 Å². The molecule has 25 heavy (non-hydrogen) atoms. The number of aryl methyl sites for hydroxylation is 1. The van der Waals surface area contributed by atoms with Gasteiger partial charge in [-0.3, -0.25) is 0 Å². The van der Waals surface area contributed by atoms with Crippen LogP contribution in [-0.2, 0) is 11.8 Å². The maximum atomic E-state index is 12.0. The van der Waals surface area contributed by atoms with Gasteiger partial charge in [0.2, 0.25) is 0 Å². The topological polar surface area (TPSA) is 50.4 Å². The van der Waals surface area contributed by atoms with E-state index >= 15 is 0 Å². The van der Waals surface area contributed by atoms with Crippen LogP contribution in [0.15, 0.2) is 48.5 Å². The molecular formula is C21H28N2O2. The third-order valence-electron chi connectivity index (χ3n) is 4.00. The number of rotatable bonds is 6. The lowest BCUT2D eigenvalue weighted by Crippen LogP contribution is -2.32. The fourth-order valence-corrected chi connectivity index (χ4v) is 2.50. The number of anilines is 1. The molecule has 0 aliphatic rings. The third-order valence-corrected chi connectivity index (χ3v) is 4.00. The summed E-state index contributed by atoms with van der Waals surface area (Å²) in [6, 6.07) is 15.7. The first-order valence-corrected chi connectivity index (χ1v) is 8.76. The summed E-state index contributed by atoms with van der Waals surface area (Å²) in [6.45, 7) is 9.46. The van der Waals surface area contributed by atoms with E-state index in [1.165, 1.54) is 5.56 Å². The normalized spacial score (nSPS) is 11.0. The summed E-state index contributed by atoms with van der Waals surface area (Å²) in [5, 5.41) is 5.71. The first-order chi connectivity index (χ1) is 11.9. The number of hydrogen-bond acceptors (Lipinski definition) is 2. The fourth-order valence-electron chi connectivity index (χ4n) is 2.50. The van der Waals surface area contributed by atoms with Crippen LogP contribution < -0.4 is 15.4 Å². The molecule has 2 aromatic carbocycles. The summed E-state index contributed by atoms with van der Waals surface area (Å²) >= 11 is 0. The zero-order chi connectivity index (χ0) is 18.3. The molecule has 0 bridgehead atoms. The Balaban J connectivity index is 1.78. The van der Waals surface area contributed by atoms with Gasteiger partial charge in [-0.1, -0.05) is 58.0 Å². The quantitative estimate of drug-likeness (QED) is 0.746. The third kappa shape index (κ3) is 5.82. The van der Waals surface area contributed by atoms with Crippen molar-refractivity contribution in [3.05, 3.63) is 59.7 Å². The first-order valence-electron chi connectivity index (χ1n) is 8.76. The number of ether oxygens (including phenoxy) is 1. The number of amides is 2. The van der Waals surface area contributed by atoms with Crippen LogP contribution >= 0.6 is 0 Å². The maximum absolute atomic E-state index is 12.0. The SMILES string of the molecule is CCc1ccccc1NC(=O)NCCOc1cccc(C(C)(C)C)c1. The largest absolute Gasteiger partial charge is 0.492 e. The highest BCUT2D eigenvalue weighted by molar-refractivity contribution is 5.90. The van der Waals surface area contributed by atoms with Gasteiger partial charge in [0.1, 0.15) is 12.4 Å². The number of carbonyl (C=O) groups excluding carboxylic acids is 1. The lowest BCUT2D eigenvalue weighted by molar-refractivity contribution is 0.247. The van der Waals surface area contributed by atoms with Crippen molar-refractivity contribution in [2.75, 3.05) is 18.5 Å². The van der Waals surface area contributed by atoms with Crippen LogP contribution in [-0.4, -0.2) is 19.2 Å². The van der Waals surface area contributed by atoms with Gasteiger partial charge in [0, 0.05) is 5.69 Å². The Hall–Kier alpha value is -2.49. The molecule has 0 saturated carbocycles.